The highest BCUT2D eigenvalue weighted by molar-refractivity contribution is 5.78. The number of carbonyl (C=O) groups is 1. The molecule has 1 saturated heterocycles. The number of nitrogens with one attached hydrogen (secondary N) is 1. The van der Waals surface area contributed by atoms with Gasteiger partial charge in [-0.15, -0.1) is 0 Å². The Bertz CT molecular complexity index is 546. The van der Waals surface area contributed by atoms with Crippen LogP contribution >= 0.6 is 0 Å². The van der Waals surface area contributed by atoms with Crippen LogP contribution < -0.4 is 5.32 Å². The van der Waals surface area contributed by atoms with Gasteiger partial charge in [-0.3, -0.25) is 9.69 Å². The fraction of sp³-hybridized carbons (Fsp3) is 0.667. The molecule has 0 bridgehead atoms. The van der Waals surface area contributed by atoms with Gasteiger partial charge in [-0.25, -0.2) is 0 Å². The largest absolute Gasteiger partial charge is 0.378 e. The van der Waals surface area contributed by atoms with E-state index >= 15 is 0 Å². The first-order valence-electron chi connectivity index (χ1n) is 9.74. The Balaban J connectivity index is 1.37. The van der Waals surface area contributed by atoms with Gasteiger partial charge in [0.25, 0.3) is 0 Å². The predicted molar refractivity (Wildman–Crippen MR) is 101 cm³/mol. The average Bonchev–Trinajstić information content (AvgIpc) is 3.41. The molecule has 4 nitrogen and oxygen atoms in total. The molecule has 0 unspecified atom stereocenters. The zero-order chi connectivity index (χ0) is 17.7. The maximum atomic E-state index is 12.3. The normalized spacial score (nSPS) is 20.6. The SMILES string of the molecule is CC(C)COC1CCN(CC(=O)NCC2(c3ccccc3)CC2)CC1. The van der Waals surface area contributed by atoms with Gasteiger partial charge in [-0.2, -0.15) is 0 Å². The van der Waals surface area contributed by atoms with Crippen LogP contribution in [-0.2, 0) is 14.9 Å². The number of hydrogen-bond acceptors (Lipinski definition) is 3. The van der Waals surface area contributed by atoms with Gasteiger partial charge in [0, 0.05) is 31.7 Å². The molecule has 1 aromatic rings. The minimum absolute atomic E-state index is 0.156. The van der Waals surface area contributed by atoms with E-state index in [0.29, 0.717) is 18.6 Å². The Labute approximate surface area is 151 Å². The van der Waals surface area contributed by atoms with E-state index in [1.54, 1.807) is 0 Å². The molecule has 0 spiro atoms. The van der Waals surface area contributed by atoms with Crippen LogP contribution in [0.4, 0.5) is 0 Å². The number of nitrogens with zero attached hydrogens (tertiary/aromatic N) is 1. The Morgan fingerprint density at radius 2 is 1.92 bits per heavy atom. The third kappa shape index (κ3) is 5.29. The van der Waals surface area contributed by atoms with Crippen LogP contribution in [0.5, 0.6) is 0 Å². The zero-order valence-electron chi connectivity index (χ0n) is 15.7. The maximum absolute atomic E-state index is 12.3. The number of likely N-dealkylation sites (tertiary alicyclic amines) is 1. The summed E-state index contributed by atoms with van der Waals surface area (Å²) in [6.07, 6.45) is 4.79. The molecular weight excluding hydrogens is 312 g/mol. The van der Waals surface area contributed by atoms with E-state index in [-0.39, 0.29) is 11.3 Å². The summed E-state index contributed by atoms with van der Waals surface area (Å²) >= 11 is 0. The molecule has 1 amide bonds. The summed E-state index contributed by atoms with van der Waals surface area (Å²) in [5.74, 6) is 0.743. The number of carbonyl (C=O) groups excluding carboxylic acids is 1. The Morgan fingerprint density at radius 1 is 1.24 bits per heavy atom. The van der Waals surface area contributed by atoms with Crippen molar-refractivity contribution < 1.29 is 9.53 Å². The molecule has 3 rings (SSSR count). The van der Waals surface area contributed by atoms with E-state index in [1.165, 1.54) is 18.4 Å². The smallest absolute Gasteiger partial charge is 0.234 e. The van der Waals surface area contributed by atoms with E-state index in [1.807, 2.05) is 6.07 Å². The average molecular weight is 344 g/mol. The van der Waals surface area contributed by atoms with E-state index in [9.17, 15) is 4.79 Å². The molecule has 2 aliphatic rings. The summed E-state index contributed by atoms with van der Waals surface area (Å²) < 4.78 is 5.92. The molecule has 1 saturated carbocycles. The summed E-state index contributed by atoms with van der Waals surface area (Å²) in [4.78, 5) is 14.6. The highest BCUT2D eigenvalue weighted by Gasteiger charge is 2.44. The summed E-state index contributed by atoms with van der Waals surface area (Å²) in [6, 6.07) is 10.6. The van der Waals surface area contributed by atoms with Crippen molar-refractivity contribution in [1.82, 2.24) is 10.2 Å². The lowest BCUT2D eigenvalue weighted by Gasteiger charge is -2.31. The van der Waals surface area contributed by atoms with Gasteiger partial charge >= 0.3 is 0 Å². The molecule has 0 radical (unpaired) electrons. The molecule has 138 valence electrons. The number of amides is 1. The molecular formula is C21H32N2O2. The van der Waals surface area contributed by atoms with Gasteiger partial charge in [-0.05, 0) is 37.2 Å². The first kappa shape index (κ1) is 18.4. The fourth-order valence-electron chi connectivity index (χ4n) is 3.60. The van der Waals surface area contributed by atoms with Crippen LogP contribution in [0.15, 0.2) is 30.3 Å². The topological polar surface area (TPSA) is 41.6 Å². The van der Waals surface area contributed by atoms with E-state index in [2.05, 4.69) is 48.3 Å². The molecule has 4 heteroatoms. The molecule has 25 heavy (non-hydrogen) atoms. The molecule has 1 aliphatic heterocycles. The molecule has 2 fully saturated rings. The van der Waals surface area contributed by atoms with Crippen molar-refractivity contribution in [3.63, 3.8) is 0 Å². The minimum Gasteiger partial charge on any atom is -0.378 e. The molecule has 1 heterocycles. The van der Waals surface area contributed by atoms with Crippen LogP contribution in [0.25, 0.3) is 0 Å². The van der Waals surface area contributed by atoms with Gasteiger partial charge in [-0.1, -0.05) is 44.2 Å². The number of rotatable bonds is 8. The first-order valence-corrected chi connectivity index (χ1v) is 9.74. The number of piperidine rings is 1. The summed E-state index contributed by atoms with van der Waals surface area (Å²) in [7, 11) is 0. The van der Waals surface area contributed by atoms with Crippen LogP contribution in [0, 0.1) is 5.92 Å². The summed E-state index contributed by atoms with van der Waals surface area (Å²) in [5.41, 5.74) is 1.55. The standard InChI is InChI=1S/C21H32N2O2/c1-17(2)15-25-19-8-12-23(13-9-19)14-20(24)22-16-21(10-11-21)18-6-4-3-5-7-18/h3-7,17,19H,8-16H2,1-2H3,(H,22,24). The molecule has 1 N–H and O–H groups in total. The van der Waals surface area contributed by atoms with Gasteiger partial charge in [0.05, 0.1) is 12.6 Å². The highest BCUT2D eigenvalue weighted by Crippen LogP contribution is 2.47. The van der Waals surface area contributed by atoms with Crippen molar-refractivity contribution >= 4 is 5.91 Å². The van der Waals surface area contributed by atoms with Gasteiger partial charge in [0.15, 0.2) is 0 Å². The quantitative estimate of drug-likeness (QED) is 0.788. The Morgan fingerprint density at radius 3 is 2.52 bits per heavy atom. The third-order valence-electron chi connectivity index (χ3n) is 5.43. The van der Waals surface area contributed by atoms with Crippen molar-refractivity contribution in [3.8, 4) is 0 Å². The number of hydrogen-bond donors (Lipinski definition) is 1. The lowest BCUT2D eigenvalue weighted by atomic mass is 9.96. The van der Waals surface area contributed by atoms with Crippen LogP contribution in [0.2, 0.25) is 0 Å². The fourth-order valence-corrected chi connectivity index (χ4v) is 3.60. The van der Waals surface area contributed by atoms with E-state index in [0.717, 1.165) is 39.1 Å². The van der Waals surface area contributed by atoms with Crippen molar-refractivity contribution in [2.24, 2.45) is 5.92 Å². The molecule has 0 atom stereocenters. The van der Waals surface area contributed by atoms with Crippen LogP contribution in [-0.4, -0.2) is 49.7 Å². The van der Waals surface area contributed by atoms with E-state index in [4.69, 9.17) is 4.74 Å². The van der Waals surface area contributed by atoms with Crippen molar-refractivity contribution in [3.05, 3.63) is 35.9 Å². The zero-order valence-corrected chi connectivity index (χ0v) is 15.7. The van der Waals surface area contributed by atoms with Crippen molar-refractivity contribution in [2.45, 2.75) is 51.0 Å². The second kappa shape index (κ2) is 8.33. The summed E-state index contributed by atoms with van der Waals surface area (Å²) in [6.45, 7) is 8.40. The molecule has 0 aromatic heterocycles. The lowest BCUT2D eigenvalue weighted by Crippen LogP contribution is -2.44. The maximum Gasteiger partial charge on any atom is 0.234 e. The van der Waals surface area contributed by atoms with Gasteiger partial charge in [0.2, 0.25) is 5.91 Å². The minimum atomic E-state index is 0.156. The van der Waals surface area contributed by atoms with Crippen molar-refractivity contribution in [1.29, 1.82) is 0 Å². The van der Waals surface area contributed by atoms with Crippen molar-refractivity contribution in [2.75, 3.05) is 32.8 Å². The predicted octanol–water partition coefficient (Wildman–Crippen LogP) is 2.97. The Hall–Kier alpha value is -1.39. The van der Waals surface area contributed by atoms with Gasteiger partial charge in [0.1, 0.15) is 0 Å². The second-order valence-corrected chi connectivity index (χ2v) is 8.13. The lowest BCUT2D eigenvalue weighted by molar-refractivity contribution is -0.123. The monoisotopic (exact) mass is 344 g/mol. The first-order chi connectivity index (χ1) is 12.1. The molecule has 1 aromatic carbocycles. The summed E-state index contributed by atoms with van der Waals surface area (Å²) in [5, 5.41) is 3.17. The number of benzene rings is 1. The second-order valence-electron chi connectivity index (χ2n) is 8.13. The number of ether oxygens (including phenoxy) is 1. The third-order valence-corrected chi connectivity index (χ3v) is 5.43. The van der Waals surface area contributed by atoms with Crippen LogP contribution in [0.1, 0.15) is 45.1 Å². The highest BCUT2D eigenvalue weighted by atomic mass is 16.5. The Kier molecular flexibility index (Phi) is 6.13. The van der Waals surface area contributed by atoms with Crippen LogP contribution in [0.3, 0.4) is 0 Å². The van der Waals surface area contributed by atoms with E-state index < -0.39 is 0 Å². The molecule has 1 aliphatic carbocycles. The van der Waals surface area contributed by atoms with Gasteiger partial charge < -0.3 is 10.1 Å².